The quantitative estimate of drug-likeness (QED) is 0.583. The number of aromatic hydroxyl groups is 1. The SMILES string of the molecule is CCCC(N)NC(=O)c1nc(C(N)=O)c(O)c2ncccc12. The fourth-order valence-electron chi connectivity index (χ4n) is 2.09. The summed E-state index contributed by atoms with van der Waals surface area (Å²) < 4.78 is 0. The largest absolute Gasteiger partial charge is 0.504 e. The van der Waals surface area contributed by atoms with Crippen LogP contribution in [0.3, 0.4) is 0 Å². The number of rotatable bonds is 5. The second-order valence-electron chi connectivity index (χ2n) is 4.79. The number of amides is 2. The monoisotopic (exact) mass is 303 g/mol. The summed E-state index contributed by atoms with van der Waals surface area (Å²) in [4.78, 5) is 31.5. The van der Waals surface area contributed by atoms with Gasteiger partial charge in [-0.05, 0) is 18.6 Å². The van der Waals surface area contributed by atoms with E-state index in [-0.39, 0.29) is 11.2 Å². The highest BCUT2D eigenvalue weighted by molar-refractivity contribution is 6.09. The Labute approximate surface area is 126 Å². The maximum atomic E-state index is 12.3. The Morgan fingerprint density at radius 3 is 2.77 bits per heavy atom. The molecule has 22 heavy (non-hydrogen) atoms. The van der Waals surface area contributed by atoms with Crippen LogP contribution in [-0.4, -0.2) is 33.1 Å². The molecule has 0 fully saturated rings. The molecule has 1 atom stereocenters. The summed E-state index contributed by atoms with van der Waals surface area (Å²) in [7, 11) is 0. The van der Waals surface area contributed by atoms with Crippen LogP contribution < -0.4 is 16.8 Å². The molecule has 8 nitrogen and oxygen atoms in total. The topological polar surface area (TPSA) is 144 Å². The lowest BCUT2D eigenvalue weighted by atomic mass is 10.1. The molecule has 0 aliphatic heterocycles. The van der Waals surface area contributed by atoms with E-state index in [1.54, 1.807) is 12.1 Å². The molecule has 8 heteroatoms. The van der Waals surface area contributed by atoms with Crippen molar-refractivity contribution in [2.45, 2.75) is 25.9 Å². The summed E-state index contributed by atoms with van der Waals surface area (Å²) in [6.07, 6.45) is 2.30. The van der Waals surface area contributed by atoms with Gasteiger partial charge in [0.05, 0.1) is 6.17 Å². The minimum atomic E-state index is -0.947. The summed E-state index contributed by atoms with van der Waals surface area (Å²) in [5, 5.41) is 12.9. The fraction of sp³-hybridized carbons (Fsp3) is 0.286. The smallest absolute Gasteiger partial charge is 0.271 e. The number of hydrogen-bond acceptors (Lipinski definition) is 6. The summed E-state index contributed by atoms with van der Waals surface area (Å²) in [6.45, 7) is 1.94. The van der Waals surface area contributed by atoms with Crippen LogP contribution >= 0.6 is 0 Å². The Balaban J connectivity index is 2.55. The number of carbonyl (C=O) groups is 2. The molecule has 0 saturated heterocycles. The molecule has 6 N–H and O–H groups in total. The van der Waals surface area contributed by atoms with Crippen LogP contribution in [0.2, 0.25) is 0 Å². The molecule has 0 spiro atoms. The zero-order valence-corrected chi connectivity index (χ0v) is 12.0. The van der Waals surface area contributed by atoms with Crippen LogP contribution in [0.25, 0.3) is 10.9 Å². The summed E-state index contributed by atoms with van der Waals surface area (Å²) in [5.74, 6) is -1.95. The van der Waals surface area contributed by atoms with Gasteiger partial charge in [0, 0.05) is 11.6 Å². The Bertz CT molecular complexity index is 732. The molecule has 0 radical (unpaired) electrons. The first-order valence-electron chi connectivity index (χ1n) is 6.79. The van der Waals surface area contributed by atoms with Crippen molar-refractivity contribution >= 4 is 22.7 Å². The molecule has 0 aliphatic rings. The Morgan fingerprint density at radius 2 is 2.14 bits per heavy atom. The number of nitrogens with one attached hydrogen (secondary N) is 1. The normalized spacial score (nSPS) is 12.1. The van der Waals surface area contributed by atoms with Crippen molar-refractivity contribution in [2.24, 2.45) is 11.5 Å². The molecule has 0 bridgehead atoms. The van der Waals surface area contributed by atoms with Gasteiger partial charge in [-0.25, -0.2) is 4.98 Å². The average Bonchev–Trinajstić information content (AvgIpc) is 2.47. The van der Waals surface area contributed by atoms with Gasteiger partial charge in [0.25, 0.3) is 11.8 Å². The molecule has 0 aromatic carbocycles. The molecule has 116 valence electrons. The van der Waals surface area contributed by atoms with E-state index in [1.165, 1.54) is 6.20 Å². The highest BCUT2D eigenvalue weighted by Gasteiger charge is 2.22. The van der Waals surface area contributed by atoms with Crippen LogP contribution in [0.5, 0.6) is 5.75 Å². The number of nitrogens with two attached hydrogens (primary N) is 2. The van der Waals surface area contributed by atoms with E-state index in [9.17, 15) is 14.7 Å². The molecule has 2 aromatic rings. The van der Waals surface area contributed by atoms with Gasteiger partial charge in [-0.1, -0.05) is 13.3 Å². The second kappa shape index (κ2) is 6.35. The van der Waals surface area contributed by atoms with Gasteiger partial charge in [0.15, 0.2) is 11.4 Å². The highest BCUT2D eigenvalue weighted by Crippen LogP contribution is 2.27. The molecule has 1 unspecified atom stereocenters. The van der Waals surface area contributed by atoms with Gasteiger partial charge in [-0.3, -0.25) is 14.6 Å². The lowest BCUT2D eigenvalue weighted by Gasteiger charge is -2.14. The number of pyridine rings is 2. The van der Waals surface area contributed by atoms with Crippen LogP contribution in [0.4, 0.5) is 0 Å². The van der Waals surface area contributed by atoms with Gasteiger partial charge in [0.2, 0.25) is 0 Å². The second-order valence-corrected chi connectivity index (χ2v) is 4.79. The zero-order valence-electron chi connectivity index (χ0n) is 12.0. The lowest BCUT2D eigenvalue weighted by Crippen LogP contribution is -2.41. The lowest BCUT2D eigenvalue weighted by molar-refractivity contribution is 0.0932. The van der Waals surface area contributed by atoms with E-state index in [2.05, 4.69) is 15.3 Å². The van der Waals surface area contributed by atoms with Gasteiger partial charge in [-0.15, -0.1) is 0 Å². The number of primary amides is 1. The minimum Gasteiger partial charge on any atom is -0.504 e. The molecular formula is C14H17N5O3. The standard InChI is InChI=1S/C14H17N5O3/c1-2-4-8(15)18-14(22)10-7-5-3-6-17-9(7)12(20)11(19-10)13(16)21/h3,5-6,8,20H,2,4,15H2,1H3,(H2,16,21)(H,18,22). The average molecular weight is 303 g/mol. The van der Waals surface area contributed by atoms with Crippen molar-refractivity contribution in [2.75, 3.05) is 0 Å². The van der Waals surface area contributed by atoms with E-state index >= 15 is 0 Å². The predicted octanol–water partition coefficient (Wildman–Crippen LogP) is 0.249. The maximum absolute atomic E-state index is 12.3. The number of nitrogens with zero attached hydrogens (tertiary/aromatic N) is 2. The Kier molecular flexibility index (Phi) is 4.52. The third-order valence-electron chi connectivity index (χ3n) is 3.10. The van der Waals surface area contributed by atoms with E-state index in [4.69, 9.17) is 11.5 Å². The van der Waals surface area contributed by atoms with Crippen molar-refractivity contribution in [1.29, 1.82) is 0 Å². The summed E-state index contributed by atoms with van der Waals surface area (Å²) in [6, 6.07) is 3.16. The molecule has 2 aromatic heterocycles. The van der Waals surface area contributed by atoms with Crippen LogP contribution in [0, 0.1) is 0 Å². The van der Waals surface area contributed by atoms with E-state index in [0.29, 0.717) is 11.8 Å². The van der Waals surface area contributed by atoms with Crippen molar-refractivity contribution < 1.29 is 14.7 Å². The Morgan fingerprint density at radius 1 is 1.41 bits per heavy atom. The molecule has 0 saturated carbocycles. The summed E-state index contributed by atoms with van der Waals surface area (Å²) >= 11 is 0. The molecule has 0 aliphatic carbocycles. The maximum Gasteiger partial charge on any atom is 0.271 e. The van der Waals surface area contributed by atoms with E-state index < -0.39 is 29.4 Å². The predicted molar refractivity (Wildman–Crippen MR) is 80.1 cm³/mol. The highest BCUT2D eigenvalue weighted by atomic mass is 16.3. The van der Waals surface area contributed by atoms with Crippen LogP contribution in [-0.2, 0) is 0 Å². The summed E-state index contributed by atoms with van der Waals surface area (Å²) in [5.41, 5.74) is 10.6. The van der Waals surface area contributed by atoms with Crippen molar-refractivity contribution in [3.8, 4) is 5.75 Å². The van der Waals surface area contributed by atoms with Crippen molar-refractivity contribution in [3.63, 3.8) is 0 Å². The van der Waals surface area contributed by atoms with E-state index in [1.807, 2.05) is 6.92 Å². The van der Waals surface area contributed by atoms with Gasteiger partial charge in [-0.2, -0.15) is 0 Å². The molecular weight excluding hydrogens is 286 g/mol. The number of hydrogen-bond donors (Lipinski definition) is 4. The number of fused-ring (bicyclic) bond motifs is 1. The number of carbonyl (C=O) groups excluding carboxylic acids is 2. The van der Waals surface area contributed by atoms with Gasteiger partial charge >= 0.3 is 0 Å². The van der Waals surface area contributed by atoms with Crippen LogP contribution in [0.15, 0.2) is 18.3 Å². The van der Waals surface area contributed by atoms with Crippen LogP contribution in [0.1, 0.15) is 40.7 Å². The molecule has 2 rings (SSSR count). The third kappa shape index (κ3) is 2.96. The minimum absolute atomic E-state index is 0.0544. The number of aromatic nitrogens is 2. The zero-order chi connectivity index (χ0) is 16.3. The van der Waals surface area contributed by atoms with Crippen molar-refractivity contribution in [3.05, 3.63) is 29.7 Å². The first kappa shape index (κ1) is 15.6. The first-order valence-corrected chi connectivity index (χ1v) is 6.79. The van der Waals surface area contributed by atoms with E-state index in [0.717, 1.165) is 6.42 Å². The molecule has 2 heterocycles. The fourth-order valence-corrected chi connectivity index (χ4v) is 2.09. The van der Waals surface area contributed by atoms with Gasteiger partial charge < -0.3 is 21.9 Å². The third-order valence-corrected chi connectivity index (χ3v) is 3.10. The molecule has 2 amide bonds. The Hall–Kier alpha value is -2.74. The van der Waals surface area contributed by atoms with Crippen molar-refractivity contribution in [1.82, 2.24) is 15.3 Å². The van der Waals surface area contributed by atoms with Gasteiger partial charge in [0.1, 0.15) is 11.2 Å². The first-order chi connectivity index (χ1) is 10.5.